The molecule has 0 saturated heterocycles. The smallest absolute Gasteiger partial charge is 0.128 e. The number of halogens is 1. The second kappa shape index (κ2) is 6.67. The van der Waals surface area contributed by atoms with Crippen LogP contribution in [0.5, 0.6) is 0 Å². The van der Waals surface area contributed by atoms with Crippen LogP contribution in [-0.4, -0.2) is 6.54 Å². The third kappa shape index (κ3) is 3.26. The predicted octanol–water partition coefficient (Wildman–Crippen LogP) is 4.61. The van der Waals surface area contributed by atoms with E-state index >= 15 is 0 Å². The van der Waals surface area contributed by atoms with E-state index in [-0.39, 0.29) is 5.82 Å². The van der Waals surface area contributed by atoms with Crippen molar-refractivity contribution in [2.24, 2.45) is 0 Å². The number of hydrogen-bond donors (Lipinski definition) is 1. The summed E-state index contributed by atoms with van der Waals surface area (Å²) in [6, 6.07) is 11.7. The molecule has 1 N–H and O–H groups in total. The third-order valence-electron chi connectivity index (χ3n) is 3.71. The van der Waals surface area contributed by atoms with E-state index in [9.17, 15) is 4.39 Å². The highest BCUT2D eigenvalue weighted by Gasteiger charge is 2.07. The Labute approximate surface area is 120 Å². The molecule has 20 heavy (non-hydrogen) atoms. The Kier molecular flexibility index (Phi) is 4.91. The second-order valence-corrected chi connectivity index (χ2v) is 5.23. The Morgan fingerprint density at radius 1 is 1.10 bits per heavy atom. The number of rotatable bonds is 5. The van der Waals surface area contributed by atoms with E-state index in [4.69, 9.17) is 0 Å². The summed E-state index contributed by atoms with van der Waals surface area (Å²) in [4.78, 5) is 0. The number of hydrogen-bond acceptors (Lipinski definition) is 1. The van der Waals surface area contributed by atoms with Crippen LogP contribution in [0.25, 0.3) is 11.1 Å². The molecule has 0 atom stereocenters. The molecule has 0 aliphatic heterocycles. The highest BCUT2D eigenvalue weighted by molar-refractivity contribution is 5.68. The van der Waals surface area contributed by atoms with Crippen LogP contribution >= 0.6 is 0 Å². The molecular weight excluding hydrogens is 249 g/mol. The van der Waals surface area contributed by atoms with Gasteiger partial charge in [-0.2, -0.15) is 0 Å². The van der Waals surface area contributed by atoms with Crippen molar-refractivity contribution >= 4 is 0 Å². The molecule has 2 aromatic rings. The molecular formula is C18H22FN. The molecule has 0 bridgehead atoms. The summed E-state index contributed by atoms with van der Waals surface area (Å²) in [5.41, 5.74) is 5.23. The highest BCUT2D eigenvalue weighted by Crippen LogP contribution is 2.26. The Morgan fingerprint density at radius 2 is 1.90 bits per heavy atom. The van der Waals surface area contributed by atoms with E-state index < -0.39 is 0 Å². The van der Waals surface area contributed by atoms with Gasteiger partial charge in [-0.05, 0) is 55.1 Å². The number of nitrogens with one attached hydrogen (secondary N) is 1. The molecule has 0 amide bonds. The van der Waals surface area contributed by atoms with Gasteiger partial charge >= 0.3 is 0 Å². The summed E-state index contributed by atoms with van der Waals surface area (Å²) in [6.45, 7) is 7.77. The van der Waals surface area contributed by atoms with Gasteiger partial charge in [0.1, 0.15) is 5.82 Å². The van der Waals surface area contributed by atoms with E-state index in [1.54, 1.807) is 6.07 Å². The minimum absolute atomic E-state index is 0.132. The zero-order valence-electron chi connectivity index (χ0n) is 12.5. The van der Waals surface area contributed by atoms with E-state index in [2.05, 4.69) is 32.2 Å². The maximum Gasteiger partial charge on any atom is 0.128 e. The highest BCUT2D eigenvalue weighted by atomic mass is 19.1. The van der Waals surface area contributed by atoms with Crippen molar-refractivity contribution in [1.82, 2.24) is 5.32 Å². The standard InChI is InChI=1S/C18H22FN/c1-4-10-20-12-16-9-8-15(11-18(16)19)17-7-5-6-13(2)14(17)3/h5-9,11,20H,4,10,12H2,1-3H3. The molecule has 0 unspecified atom stereocenters. The summed E-state index contributed by atoms with van der Waals surface area (Å²) in [7, 11) is 0. The van der Waals surface area contributed by atoms with Crippen molar-refractivity contribution in [2.45, 2.75) is 33.7 Å². The molecule has 2 aromatic carbocycles. The van der Waals surface area contributed by atoms with Gasteiger partial charge in [0.05, 0.1) is 0 Å². The number of benzene rings is 2. The van der Waals surface area contributed by atoms with Crippen LogP contribution in [0.1, 0.15) is 30.0 Å². The quantitative estimate of drug-likeness (QED) is 0.783. The van der Waals surface area contributed by atoms with Gasteiger partial charge in [-0.3, -0.25) is 0 Å². The molecule has 0 radical (unpaired) electrons. The first-order valence-corrected chi connectivity index (χ1v) is 7.19. The summed E-state index contributed by atoms with van der Waals surface area (Å²) in [5.74, 6) is -0.132. The zero-order valence-corrected chi connectivity index (χ0v) is 12.5. The Hall–Kier alpha value is -1.67. The normalized spacial score (nSPS) is 10.8. The van der Waals surface area contributed by atoms with E-state index in [1.807, 2.05) is 24.3 Å². The first-order valence-electron chi connectivity index (χ1n) is 7.19. The molecule has 0 aromatic heterocycles. The monoisotopic (exact) mass is 271 g/mol. The van der Waals surface area contributed by atoms with Crippen LogP contribution in [0.4, 0.5) is 4.39 Å². The lowest BCUT2D eigenvalue weighted by atomic mass is 9.96. The van der Waals surface area contributed by atoms with Gasteiger partial charge in [-0.15, -0.1) is 0 Å². The second-order valence-electron chi connectivity index (χ2n) is 5.23. The van der Waals surface area contributed by atoms with Crippen molar-refractivity contribution in [2.75, 3.05) is 6.54 Å². The van der Waals surface area contributed by atoms with Crippen LogP contribution in [-0.2, 0) is 6.54 Å². The average Bonchev–Trinajstić information content (AvgIpc) is 2.44. The van der Waals surface area contributed by atoms with Crippen molar-refractivity contribution in [3.63, 3.8) is 0 Å². The van der Waals surface area contributed by atoms with Crippen molar-refractivity contribution in [1.29, 1.82) is 0 Å². The lowest BCUT2D eigenvalue weighted by Crippen LogP contribution is -2.14. The largest absolute Gasteiger partial charge is 0.313 e. The Bertz CT molecular complexity index is 590. The average molecular weight is 271 g/mol. The minimum atomic E-state index is -0.132. The van der Waals surface area contributed by atoms with Gasteiger partial charge < -0.3 is 5.32 Å². The van der Waals surface area contributed by atoms with Crippen molar-refractivity contribution in [3.8, 4) is 11.1 Å². The molecule has 0 heterocycles. The minimum Gasteiger partial charge on any atom is -0.313 e. The fraction of sp³-hybridized carbons (Fsp3) is 0.333. The Balaban J connectivity index is 2.26. The third-order valence-corrected chi connectivity index (χ3v) is 3.71. The Morgan fingerprint density at radius 3 is 2.60 bits per heavy atom. The molecule has 2 heteroatoms. The maximum atomic E-state index is 14.2. The molecule has 0 spiro atoms. The summed E-state index contributed by atoms with van der Waals surface area (Å²) < 4.78 is 14.2. The van der Waals surface area contributed by atoms with E-state index in [0.29, 0.717) is 6.54 Å². The van der Waals surface area contributed by atoms with Gasteiger partial charge in [-0.25, -0.2) is 4.39 Å². The van der Waals surface area contributed by atoms with Gasteiger partial charge in [0, 0.05) is 12.1 Å². The van der Waals surface area contributed by atoms with Crippen molar-refractivity contribution < 1.29 is 4.39 Å². The zero-order chi connectivity index (χ0) is 14.5. The molecule has 106 valence electrons. The molecule has 0 saturated carbocycles. The first kappa shape index (κ1) is 14.7. The van der Waals surface area contributed by atoms with E-state index in [1.165, 1.54) is 11.1 Å². The van der Waals surface area contributed by atoms with Crippen LogP contribution < -0.4 is 5.32 Å². The summed E-state index contributed by atoms with van der Waals surface area (Å²) >= 11 is 0. The van der Waals surface area contributed by atoms with Crippen molar-refractivity contribution in [3.05, 3.63) is 58.9 Å². The topological polar surface area (TPSA) is 12.0 Å². The molecule has 1 nitrogen and oxygen atoms in total. The van der Waals surface area contributed by atoms with E-state index in [0.717, 1.165) is 29.7 Å². The molecule has 2 rings (SSSR count). The van der Waals surface area contributed by atoms with Crippen LogP contribution in [0.3, 0.4) is 0 Å². The predicted molar refractivity (Wildman–Crippen MR) is 83.3 cm³/mol. The molecule has 0 aliphatic rings. The lowest BCUT2D eigenvalue weighted by Gasteiger charge is -2.11. The fourth-order valence-electron chi connectivity index (χ4n) is 2.32. The summed E-state index contributed by atoms with van der Waals surface area (Å²) in [5, 5.41) is 3.23. The van der Waals surface area contributed by atoms with Gasteiger partial charge in [0.2, 0.25) is 0 Å². The summed E-state index contributed by atoms with van der Waals surface area (Å²) in [6.07, 6.45) is 1.06. The first-order chi connectivity index (χ1) is 9.63. The lowest BCUT2D eigenvalue weighted by molar-refractivity contribution is 0.587. The number of aryl methyl sites for hydroxylation is 1. The fourth-order valence-corrected chi connectivity index (χ4v) is 2.32. The maximum absolute atomic E-state index is 14.2. The molecule has 0 fully saturated rings. The van der Waals surface area contributed by atoms with Gasteiger partial charge in [0.15, 0.2) is 0 Å². The van der Waals surface area contributed by atoms with Gasteiger partial charge in [-0.1, -0.05) is 37.3 Å². The van der Waals surface area contributed by atoms with Crippen LogP contribution in [0.15, 0.2) is 36.4 Å². The van der Waals surface area contributed by atoms with Crippen LogP contribution in [0.2, 0.25) is 0 Å². The van der Waals surface area contributed by atoms with Gasteiger partial charge in [0.25, 0.3) is 0 Å². The van der Waals surface area contributed by atoms with Crippen LogP contribution in [0, 0.1) is 19.7 Å². The SMILES string of the molecule is CCCNCc1ccc(-c2cccc(C)c2C)cc1F. The molecule has 0 aliphatic carbocycles.